The molecule has 9 heteroatoms. The number of nitrogens with zero attached hydrogens (tertiary/aromatic N) is 6. The molecule has 1 aromatic heterocycles. The second-order valence-corrected chi connectivity index (χ2v) is 6.22. The SMILES string of the molecule is CCN(CC)c1ccc(/C=N/NC(=O)Cn2nnc(-c3ccccc3)n2)c(O)c1. The Balaban J connectivity index is 1.57. The minimum absolute atomic E-state index is 0.0952. The van der Waals surface area contributed by atoms with Gasteiger partial charge in [0.1, 0.15) is 12.3 Å². The van der Waals surface area contributed by atoms with Gasteiger partial charge in [0.05, 0.1) is 6.21 Å². The van der Waals surface area contributed by atoms with Gasteiger partial charge in [-0.3, -0.25) is 4.79 Å². The number of anilines is 1. The van der Waals surface area contributed by atoms with Crippen LogP contribution in [0.2, 0.25) is 0 Å². The summed E-state index contributed by atoms with van der Waals surface area (Å²) in [5.74, 6) is 0.135. The van der Waals surface area contributed by atoms with Gasteiger partial charge in [-0.1, -0.05) is 30.3 Å². The topological polar surface area (TPSA) is 109 Å². The fourth-order valence-electron chi connectivity index (χ4n) is 2.78. The number of rotatable bonds is 8. The van der Waals surface area contributed by atoms with E-state index in [9.17, 15) is 9.90 Å². The predicted octanol–water partition coefficient (Wildman–Crippen LogP) is 2.04. The van der Waals surface area contributed by atoms with E-state index >= 15 is 0 Å². The van der Waals surface area contributed by atoms with Gasteiger partial charge in [0.15, 0.2) is 0 Å². The van der Waals surface area contributed by atoms with Gasteiger partial charge in [0.2, 0.25) is 5.82 Å². The van der Waals surface area contributed by atoms with Crippen LogP contribution in [0.25, 0.3) is 11.4 Å². The van der Waals surface area contributed by atoms with Crippen molar-refractivity contribution in [3.8, 4) is 17.1 Å². The molecule has 1 heterocycles. The van der Waals surface area contributed by atoms with Crippen LogP contribution in [-0.4, -0.2) is 50.5 Å². The Morgan fingerprint density at radius 2 is 1.97 bits per heavy atom. The van der Waals surface area contributed by atoms with Crippen LogP contribution in [-0.2, 0) is 11.3 Å². The number of amides is 1. The number of carbonyl (C=O) groups is 1. The number of aromatic nitrogens is 4. The lowest BCUT2D eigenvalue weighted by Gasteiger charge is -2.21. The molecule has 2 N–H and O–H groups in total. The monoisotopic (exact) mass is 393 g/mol. The van der Waals surface area contributed by atoms with Crippen molar-refractivity contribution >= 4 is 17.8 Å². The molecular weight excluding hydrogens is 370 g/mol. The van der Waals surface area contributed by atoms with Gasteiger partial charge >= 0.3 is 0 Å². The third kappa shape index (κ3) is 5.16. The second kappa shape index (κ2) is 9.45. The maximum Gasteiger partial charge on any atom is 0.263 e. The first kappa shape index (κ1) is 20.0. The molecule has 0 fully saturated rings. The van der Waals surface area contributed by atoms with Crippen LogP contribution in [0.15, 0.2) is 53.6 Å². The van der Waals surface area contributed by atoms with E-state index in [4.69, 9.17) is 0 Å². The smallest absolute Gasteiger partial charge is 0.263 e. The molecule has 0 aliphatic heterocycles. The van der Waals surface area contributed by atoms with Gasteiger partial charge in [-0.05, 0) is 31.2 Å². The lowest BCUT2D eigenvalue weighted by atomic mass is 10.2. The van der Waals surface area contributed by atoms with E-state index in [0.29, 0.717) is 11.4 Å². The van der Waals surface area contributed by atoms with Crippen molar-refractivity contribution in [3.63, 3.8) is 0 Å². The normalized spacial score (nSPS) is 11.0. The molecule has 0 unspecified atom stereocenters. The molecule has 0 aliphatic carbocycles. The Bertz CT molecular complexity index is 982. The highest BCUT2D eigenvalue weighted by Gasteiger charge is 2.09. The molecule has 3 rings (SSSR count). The third-order valence-electron chi connectivity index (χ3n) is 4.31. The van der Waals surface area contributed by atoms with Crippen molar-refractivity contribution in [3.05, 3.63) is 54.1 Å². The molecule has 0 radical (unpaired) electrons. The fourth-order valence-corrected chi connectivity index (χ4v) is 2.78. The van der Waals surface area contributed by atoms with Crippen molar-refractivity contribution < 1.29 is 9.90 Å². The van der Waals surface area contributed by atoms with Gasteiger partial charge in [0, 0.05) is 36.0 Å². The Morgan fingerprint density at radius 3 is 2.66 bits per heavy atom. The summed E-state index contributed by atoms with van der Waals surface area (Å²) >= 11 is 0. The zero-order valence-electron chi connectivity index (χ0n) is 16.4. The van der Waals surface area contributed by atoms with Crippen LogP contribution in [0.4, 0.5) is 5.69 Å². The van der Waals surface area contributed by atoms with Crippen LogP contribution < -0.4 is 10.3 Å². The number of hydrogen-bond donors (Lipinski definition) is 2. The maximum absolute atomic E-state index is 12.0. The number of phenolic OH excluding ortho intramolecular Hbond substituents is 1. The molecule has 0 saturated heterocycles. The van der Waals surface area contributed by atoms with Gasteiger partial charge in [-0.15, -0.1) is 10.2 Å². The minimum Gasteiger partial charge on any atom is -0.507 e. The lowest BCUT2D eigenvalue weighted by Crippen LogP contribution is -2.24. The summed E-state index contributed by atoms with van der Waals surface area (Å²) in [5, 5.41) is 26.1. The number of nitrogens with one attached hydrogen (secondary N) is 1. The van der Waals surface area contributed by atoms with Crippen LogP contribution in [0, 0.1) is 0 Å². The molecule has 9 nitrogen and oxygen atoms in total. The highest BCUT2D eigenvalue weighted by Crippen LogP contribution is 2.23. The fraction of sp³-hybridized carbons (Fsp3) is 0.250. The summed E-state index contributed by atoms with van der Waals surface area (Å²) in [7, 11) is 0. The van der Waals surface area contributed by atoms with Crippen molar-refractivity contribution in [2.45, 2.75) is 20.4 Å². The summed E-state index contributed by atoms with van der Waals surface area (Å²) in [4.78, 5) is 15.4. The maximum atomic E-state index is 12.0. The van der Waals surface area contributed by atoms with E-state index in [-0.39, 0.29) is 12.3 Å². The Hall–Kier alpha value is -3.75. The molecule has 3 aromatic rings. The van der Waals surface area contributed by atoms with Crippen LogP contribution in [0.3, 0.4) is 0 Å². The summed E-state index contributed by atoms with van der Waals surface area (Å²) < 4.78 is 0. The molecule has 29 heavy (non-hydrogen) atoms. The van der Waals surface area contributed by atoms with E-state index in [1.54, 1.807) is 12.1 Å². The van der Waals surface area contributed by atoms with E-state index in [1.807, 2.05) is 36.4 Å². The van der Waals surface area contributed by atoms with Crippen LogP contribution in [0.1, 0.15) is 19.4 Å². The predicted molar refractivity (Wildman–Crippen MR) is 111 cm³/mol. The van der Waals surface area contributed by atoms with Crippen molar-refractivity contribution in [2.24, 2.45) is 5.10 Å². The molecule has 2 aromatic carbocycles. The number of benzene rings is 2. The first-order valence-corrected chi connectivity index (χ1v) is 9.33. The Morgan fingerprint density at radius 1 is 1.21 bits per heavy atom. The van der Waals surface area contributed by atoms with E-state index in [0.717, 1.165) is 24.3 Å². The van der Waals surface area contributed by atoms with Crippen LogP contribution >= 0.6 is 0 Å². The second-order valence-electron chi connectivity index (χ2n) is 6.22. The molecule has 150 valence electrons. The first-order valence-electron chi connectivity index (χ1n) is 9.33. The number of tetrazole rings is 1. The first-order chi connectivity index (χ1) is 14.1. The summed E-state index contributed by atoms with van der Waals surface area (Å²) in [6.45, 7) is 5.68. The van der Waals surface area contributed by atoms with E-state index in [2.05, 4.69) is 44.7 Å². The average molecular weight is 393 g/mol. The number of phenols is 1. The molecule has 1 amide bonds. The Labute approximate surface area is 168 Å². The molecule has 0 spiro atoms. The van der Waals surface area contributed by atoms with Gasteiger partial charge in [-0.25, -0.2) is 5.43 Å². The molecular formula is C20H23N7O2. The number of hydrogen-bond acceptors (Lipinski definition) is 7. The standard InChI is InChI=1S/C20H23N7O2/c1-3-26(4-2)17-11-10-16(18(28)12-17)13-21-22-19(29)14-27-24-20(23-25-27)15-8-6-5-7-9-15/h5-13,28H,3-4,14H2,1-2H3,(H,22,29)/b21-13+. The van der Waals surface area contributed by atoms with E-state index < -0.39 is 5.91 Å². The molecule has 0 saturated carbocycles. The zero-order valence-corrected chi connectivity index (χ0v) is 16.4. The van der Waals surface area contributed by atoms with Crippen molar-refractivity contribution in [1.82, 2.24) is 25.6 Å². The summed E-state index contributed by atoms with van der Waals surface area (Å²) in [6.07, 6.45) is 1.39. The highest BCUT2D eigenvalue weighted by atomic mass is 16.3. The molecule has 0 aliphatic rings. The highest BCUT2D eigenvalue weighted by molar-refractivity contribution is 5.86. The third-order valence-corrected chi connectivity index (χ3v) is 4.31. The van der Waals surface area contributed by atoms with Crippen molar-refractivity contribution in [1.29, 1.82) is 0 Å². The van der Waals surface area contributed by atoms with Gasteiger partial charge < -0.3 is 10.0 Å². The van der Waals surface area contributed by atoms with Crippen LogP contribution in [0.5, 0.6) is 5.75 Å². The number of aromatic hydroxyl groups is 1. The summed E-state index contributed by atoms with van der Waals surface area (Å²) in [5.41, 5.74) is 4.65. The lowest BCUT2D eigenvalue weighted by molar-refractivity contribution is -0.122. The largest absolute Gasteiger partial charge is 0.507 e. The average Bonchev–Trinajstić information content (AvgIpc) is 3.19. The molecule has 0 atom stereocenters. The van der Waals surface area contributed by atoms with E-state index in [1.165, 1.54) is 11.0 Å². The van der Waals surface area contributed by atoms with Gasteiger partial charge in [0.25, 0.3) is 5.91 Å². The van der Waals surface area contributed by atoms with Gasteiger partial charge in [-0.2, -0.15) is 9.90 Å². The zero-order chi connectivity index (χ0) is 20.6. The number of carbonyl (C=O) groups excluding carboxylic acids is 1. The Kier molecular flexibility index (Phi) is 6.51. The summed E-state index contributed by atoms with van der Waals surface area (Å²) in [6, 6.07) is 14.7. The molecule has 0 bridgehead atoms. The number of hydrazone groups is 1. The minimum atomic E-state index is -0.405. The quantitative estimate of drug-likeness (QED) is 0.448. The van der Waals surface area contributed by atoms with Crippen molar-refractivity contribution in [2.75, 3.05) is 18.0 Å².